The van der Waals surface area contributed by atoms with Gasteiger partial charge >= 0.3 is 11.9 Å². The number of carbonyl (C=O) groups is 2. The van der Waals surface area contributed by atoms with Crippen molar-refractivity contribution in [2.45, 2.75) is 32.3 Å². The molecule has 0 N–H and O–H groups in total. The first kappa shape index (κ1) is 17.2. The molecular formula is C17H20O6. The zero-order valence-corrected chi connectivity index (χ0v) is 13.1. The molecule has 1 aromatic rings. The van der Waals surface area contributed by atoms with E-state index >= 15 is 0 Å². The molecule has 1 heterocycles. The first-order chi connectivity index (χ1) is 11.2. The fourth-order valence-electron chi connectivity index (χ4n) is 2.12. The molecule has 124 valence electrons. The molecule has 0 saturated carbocycles. The number of hydrogen-bond acceptors (Lipinski definition) is 6. The lowest BCUT2D eigenvalue weighted by Crippen LogP contribution is -2.39. The summed E-state index contributed by atoms with van der Waals surface area (Å²) in [6.07, 6.45) is 0.360. The van der Waals surface area contributed by atoms with Crippen molar-refractivity contribution in [1.82, 2.24) is 0 Å². The van der Waals surface area contributed by atoms with Crippen LogP contribution in [0.4, 0.5) is 0 Å². The topological polar surface area (TPSA) is 71.1 Å². The third-order valence-electron chi connectivity index (χ3n) is 3.12. The van der Waals surface area contributed by atoms with Gasteiger partial charge in [-0.05, 0) is 25.5 Å². The zero-order valence-electron chi connectivity index (χ0n) is 13.1. The van der Waals surface area contributed by atoms with Gasteiger partial charge in [0.2, 0.25) is 0 Å². The summed E-state index contributed by atoms with van der Waals surface area (Å²) < 4.78 is 20.8. The van der Waals surface area contributed by atoms with Crippen LogP contribution in [0.2, 0.25) is 0 Å². The average molecular weight is 320 g/mol. The van der Waals surface area contributed by atoms with Crippen LogP contribution in [0.25, 0.3) is 6.08 Å². The second-order valence-corrected chi connectivity index (χ2v) is 4.76. The Morgan fingerprint density at radius 3 is 2.00 bits per heavy atom. The van der Waals surface area contributed by atoms with Gasteiger partial charge in [-0.15, -0.1) is 0 Å². The van der Waals surface area contributed by atoms with Gasteiger partial charge in [0.1, 0.15) is 0 Å². The average Bonchev–Trinajstić information content (AvgIpc) is 2.99. The number of rotatable bonds is 6. The Morgan fingerprint density at radius 1 is 1.00 bits per heavy atom. The molecule has 0 unspecified atom stereocenters. The summed E-state index contributed by atoms with van der Waals surface area (Å²) >= 11 is 0. The van der Waals surface area contributed by atoms with E-state index in [1.165, 1.54) is 0 Å². The molecule has 23 heavy (non-hydrogen) atoms. The molecule has 0 aliphatic carbocycles. The first-order valence-electron chi connectivity index (χ1n) is 7.53. The lowest BCUT2D eigenvalue weighted by Gasteiger charge is -2.13. The van der Waals surface area contributed by atoms with Gasteiger partial charge in [0.25, 0.3) is 0 Å². The molecule has 1 aliphatic rings. The second kappa shape index (κ2) is 8.45. The smallest absolute Gasteiger partial charge is 0.338 e. The predicted octanol–water partition coefficient (Wildman–Crippen LogP) is 1.94. The Kier molecular flexibility index (Phi) is 6.31. The molecule has 1 saturated heterocycles. The number of carbonyl (C=O) groups excluding carboxylic acids is 2. The van der Waals surface area contributed by atoms with Gasteiger partial charge in [0, 0.05) is 0 Å². The maximum absolute atomic E-state index is 11.9. The molecule has 1 fully saturated rings. The maximum atomic E-state index is 11.9. The molecule has 1 aliphatic heterocycles. The van der Waals surface area contributed by atoms with Gasteiger partial charge < -0.3 is 18.9 Å². The molecule has 0 spiro atoms. The van der Waals surface area contributed by atoms with Crippen molar-refractivity contribution in [1.29, 1.82) is 0 Å². The minimum absolute atomic E-state index is 0.193. The van der Waals surface area contributed by atoms with Crippen molar-refractivity contribution >= 4 is 18.0 Å². The van der Waals surface area contributed by atoms with Gasteiger partial charge in [-0.2, -0.15) is 0 Å². The van der Waals surface area contributed by atoms with Gasteiger partial charge in [0.15, 0.2) is 18.5 Å². The molecule has 2 rings (SSSR count). The van der Waals surface area contributed by atoms with E-state index in [4.69, 9.17) is 18.9 Å². The number of ether oxygens (including phenoxy) is 4. The summed E-state index contributed by atoms with van der Waals surface area (Å²) in [6.45, 7) is 3.75. The summed E-state index contributed by atoms with van der Waals surface area (Å²) in [6, 6.07) is 9.54. The Bertz CT molecular complexity index is 527. The highest BCUT2D eigenvalue weighted by Gasteiger charge is 2.46. The normalized spacial score (nSPS) is 21.5. The third kappa shape index (κ3) is 4.64. The van der Waals surface area contributed by atoms with Crippen LogP contribution >= 0.6 is 0 Å². The van der Waals surface area contributed by atoms with Crippen LogP contribution in [-0.4, -0.2) is 43.7 Å². The Morgan fingerprint density at radius 2 is 1.52 bits per heavy atom. The quantitative estimate of drug-likeness (QED) is 0.746. The summed E-state index contributed by atoms with van der Waals surface area (Å²) in [4.78, 5) is 23.9. The van der Waals surface area contributed by atoms with Gasteiger partial charge in [-0.3, -0.25) is 0 Å². The van der Waals surface area contributed by atoms with Gasteiger partial charge in [-0.1, -0.05) is 36.4 Å². The monoisotopic (exact) mass is 320 g/mol. The molecule has 0 amide bonds. The standard InChI is InChI=1S/C17H20O6/c1-3-20-16(18)14-15(17(19)21-4-2)23-13(22-14)11-10-12-8-6-5-7-9-12/h5-11,13-15H,3-4H2,1-2H3/b11-10+/t14-,15-/m1/s1. The molecule has 0 bridgehead atoms. The van der Waals surface area contributed by atoms with Crippen LogP contribution in [0.5, 0.6) is 0 Å². The zero-order chi connectivity index (χ0) is 16.7. The predicted molar refractivity (Wildman–Crippen MR) is 82.3 cm³/mol. The largest absolute Gasteiger partial charge is 0.464 e. The van der Waals surface area contributed by atoms with Crippen LogP contribution in [0.3, 0.4) is 0 Å². The Hall–Kier alpha value is -2.18. The number of hydrogen-bond donors (Lipinski definition) is 0. The van der Waals surface area contributed by atoms with Crippen LogP contribution in [0, 0.1) is 0 Å². The van der Waals surface area contributed by atoms with E-state index in [-0.39, 0.29) is 13.2 Å². The SMILES string of the molecule is CCOC(=O)[C@@H]1OC(/C=C/c2ccccc2)O[C@H]1C(=O)OCC. The number of benzene rings is 1. The lowest BCUT2D eigenvalue weighted by atomic mass is 10.2. The van der Waals surface area contributed by atoms with E-state index in [0.717, 1.165) is 5.56 Å². The highest BCUT2D eigenvalue weighted by atomic mass is 16.8. The van der Waals surface area contributed by atoms with Crippen molar-refractivity contribution in [3.63, 3.8) is 0 Å². The van der Waals surface area contributed by atoms with E-state index in [2.05, 4.69) is 0 Å². The maximum Gasteiger partial charge on any atom is 0.338 e. The second-order valence-electron chi connectivity index (χ2n) is 4.76. The molecule has 6 nitrogen and oxygen atoms in total. The van der Waals surface area contributed by atoms with Crippen LogP contribution in [-0.2, 0) is 28.5 Å². The highest BCUT2D eigenvalue weighted by Crippen LogP contribution is 2.23. The fraction of sp³-hybridized carbons (Fsp3) is 0.412. The van der Waals surface area contributed by atoms with Crippen LogP contribution in [0.15, 0.2) is 36.4 Å². The summed E-state index contributed by atoms with van der Waals surface area (Å²) in [5.41, 5.74) is 0.951. The van der Waals surface area contributed by atoms with Crippen LogP contribution < -0.4 is 0 Å². The molecular weight excluding hydrogens is 300 g/mol. The molecule has 0 radical (unpaired) electrons. The van der Waals surface area contributed by atoms with Crippen molar-refractivity contribution in [2.24, 2.45) is 0 Å². The Labute approximate surface area is 135 Å². The lowest BCUT2D eigenvalue weighted by molar-refractivity contribution is -0.163. The van der Waals surface area contributed by atoms with Gasteiger partial charge in [-0.25, -0.2) is 9.59 Å². The van der Waals surface area contributed by atoms with Crippen molar-refractivity contribution < 1.29 is 28.5 Å². The molecule has 1 aromatic carbocycles. The first-order valence-corrected chi connectivity index (χ1v) is 7.53. The molecule has 6 heteroatoms. The van der Waals surface area contributed by atoms with Crippen molar-refractivity contribution in [3.05, 3.63) is 42.0 Å². The summed E-state index contributed by atoms with van der Waals surface area (Å²) in [5.74, 6) is -1.28. The minimum Gasteiger partial charge on any atom is -0.464 e. The Balaban J connectivity index is 2.07. The van der Waals surface area contributed by atoms with Crippen molar-refractivity contribution in [3.8, 4) is 0 Å². The number of esters is 2. The minimum atomic E-state index is -1.13. The van der Waals surface area contributed by atoms with E-state index in [9.17, 15) is 9.59 Å². The summed E-state index contributed by atoms with van der Waals surface area (Å²) in [5, 5.41) is 0. The van der Waals surface area contributed by atoms with Crippen molar-refractivity contribution in [2.75, 3.05) is 13.2 Å². The van der Waals surface area contributed by atoms with E-state index in [1.54, 1.807) is 26.0 Å². The van der Waals surface area contributed by atoms with Crippen LogP contribution in [0.1, 0.15) is 19.4 Å². The van der Waals surface area contributed by atoms with E-state index in [0.29, 0.717) is 0 Å². The molecule has 2 atom stereocenters. The van der Waals surface area contributed by atoms with Gasteiger partial charge in [0.05, 0.1) is 13.2 Å². The summed E-state index contributed by atoms with van der Waals surface area (Å²) in [7, 11) is 0. The third-order valence-corrected chi connectivity index (χ3v) is 3.12. The fourth-order valence-corrected chi connectivity index (χ4v) is 2.12. The van der Waals surface area contributed by atoms with E-state index in [1.807, 2.05) is 30.3 Å². The molecule has 0 aromatic heterocycles. The van der Waals surface area contributed by atoms with E-state index < -0.39 is 30.4 Å². The highest BCUT2D eigenvalue weighted by molar-refractivity contribution is 5.86.